The van der Waals surface area contributed by atoms with Crippen molar-refractivity contribution in [3.63, 3.8) is 0 Å². The lowest BCUT2D eigenvalue weighted by Crippen LogP contribution is -2.42. The van der Waals surface area contributed by atoms with E-state index in [2.05, 4.69) is 36.3 Å². The molecular formula is C27H30N2O. The fraction of sp³-hybridized carbons (Fsp3) is 0.407. The summed E-state index contributed by atoms with van der Waals surface area (Å²) in [6.45, 7) is 2.43. The van der Waals surface area contributed by atoms with Crippen LogP contribution in [0.15, 0.2) is 64.8 Å². The second kappa shape index (κ2) is 7.86. The highest BCUT2D eigenvalue weighted by Crippen LogP contribution is 2.60. The number of hydrogen-bond acceptors (Lipinski definition) is 3. The lowest BCUT2D eigenvalue weighted by Gasteiger charge is -2.49. The van der Waals surface area contributed by atoms with Crippen LogP contribution in [0, 0.1) is 17.3 Å². The van der Waals surface area contributed by atoms with Gasteiger partial charge in [-0.25, -0.2) is 0 Å². The van der Waals surface area contributed by atoms with Gasteiger partial charge in [0.1, 0.15) is 5.75 Å². The van der Waals surface area contributed by atoms with Gasteiger partial charge in [0.05, 0.1) is 0 Å². The molecule has 0 spiro atoms. The molecule has 3 aliphatic rings. The van der Waals surface area contributed by atoms with E-state index < -0.39 is 0 Å². The van der Waals surface area contributed by atoms with Crippen molar-refractivity contribution in [1.29, 1.82) is 0 Å². The molecule has 3 aliphatic carbocycles. The first-order valence-electron chi connectivity index (χ1n) is 11.3. The molecule has 0 bridgehead atoms. The summed E-state index contributed by atoms with van der Waals surface area (Å²) in [7, 11) is 0. The first-order valence-corrected chi connectivity index (χ1v) is 11.3. The lowest BCUT2D eigenvalue weighted by atomic mass is 9.55. The van der Waals surface area contributed by atoms with E-state index in [-0.39, 0.29) is 5.41 Å². The highest BCUT2D eigenvalue weighted by Gasteiger charge is 2.53. The molecule has 0 heterocycles. The predicted molar refractivity (Wildman–Crippen MR) is 124 cm³/mol. The molecule has 2 fully saturated rings. The maximum absolute atomic E-state index is 9.86. The van der Waals surface area contributed by atoms with Crippen LogP contribution in [0.25, 0.3) is 6.08 Å². The number of aryl methyl sites for hydroxylation is 1. The van der Waals surface area contributed by atoms with Crippen molar-refractivity contribution in [3.8, 4) is 5.75 Å². The normalized spacial score (nSPS) is 31.8. The number of nitrogens with zero attached hydrogens (tertiary/aromatic N) is 2. The zero-order chi connectivity index (χ0) is 20.6. The molecule has 0 radical (unpaired) electrons. The van der Waals surface area contributed by atoms with Gasteiger partial charge in [-0.15, -0.1) is 0 Å². The summed E-state index contributed by atoms with van der Waals surface area (Å²) in [6.07, 6.45) is 12.9. The van der Waals surface area contributed by atoms with Crippen LogP contribution >= 0.6 is 0 Å². The minimum Gasteiger partial charge on any atom is -0.508 e. The molecule has 3 nitrogen and oxygen atoms in total. The van der Waals surface area contributed by atoms with E-state index in [4.69, 9.17) is 5.10 Å². The van der Waals surface area contributed by atoms with Crippen molar-refractivity contribution in [2.45, 2.75) is 51.4 Å². The standard InChI is InChI=1S/C27H30N2O/c1-27-16-15-23-22-12-10-21(30)18-20(22)9-11-24(23)25(27)13-14-26(27)29-28-17-5-8-19-6-3-2-4-7-19/h2-8,10,12,17-18,23-25,30H,9,11,13-16H2,1H3/b8-5+,28-17-,29-26-/t23-,24+,25-,27+/m1/s1. The third kappa shape index (κ3) is 3.40. The fourth-order valence-electron chi connectivity index (χ4n) is 6.38. The van der Waals surface area contributed by atoms with Gasteiger partial charge in [-0.2, -0.15) is 10.2 Å². The highest BCUT2D eigenvalue weighted by molar-refractivity contribution is 5.93. The summed E-state index contributed by atoms with van der Waals surface area (Å²) in [4.78, 5) is 0. The van der Waals surface area contributed by atoms with Crippen molar-refractivity contribution in [2.75, 3.05) is 0 Å². The Morgan fingerprint density at radius 1 is 1.03 bits per heavy atom. The van der Waals surface area contributed by atoms with Gasteiger partial charge in [0.2, 0.25) is 0 Å². The molecule has 4 atom stereocenters. The third-order valence-electron chi connectivity index (χ3n) is 7.87. The molecule has 2 aromatic rings. The van der Waals surface area contributed by atoms with Crippen molar-refractivity contribution >= 4 is 18.0 Å². The topological polar surface area (TPSA) is 45.0 Å². The Balaban J connectivity index is 1.32. The van der Waals surface area contributed by atoms with E-state index in [1.807, 2.05) is 42.6 Å². The largest absolute Gasteiger partial charge is 0.508 e. The molecule has 2 saturated carbocycles. The summed E-state index contributed by atoms with van der Waals surface area (Å²) in [5.41, 5.74) is 5.51. The van der Waals surface area contributed by atoms with E-state index in [0.29, 0.717) is 17.6 Å². The molecule has 1 N–H and O–H groups in total. The number of phenols is 1. The minimum atomic E-state index is 0.191. The highest BCUT2D eigenvalue weighted by atomic mass is 16.3. The molecule has 0 saturated heterocycles. The molecule has 2 aromatic carbocycles. The van der Waals surface area contributed by atoms with Crippen LogP contribution in [0.4, 0.5) is 0 Å². The van der Waals surface area contributed by atoms with E-state index >= 15 is 0 Å². The van der Waals surface area contributed by atoms with E-state index in [1.165, 1.54) is 48.1 Å². The van der Waals surface area contributed by atoms with Crippen LogP contribution in [-0.4, -0.2) is 17.0 Å². The van der Waals surface area contributed by atoms with Crippen LogP contribution in [0.2, 0.25) is 0 Å². The fourth-order valence-corrected chi connectivity index (χ4v) is 6.38. The first-order chi connectivity index (χ1) is 14.6. The van der Waals surface area contributed by atoms with Crippen molar-refractivity contribution in [2.24, 2.45) is 27.5 Å². The molecule has 5 rings (SSSR count). The number of benzene rings is 2. The molecule has 0 aliphatic heterocycles. The zero-order valence-electron chi connectivity index (χ0n) is 17.7. The molecule has 3 heteroatoms. The van der Waals surface area contributed by atoms with Crippen LogP contribution in [0.5, 0.6) is 5.75 Å². The maximum Gasteiger partial charge on any atom is 0.115 e. The number of allylic oxidation sites excluding steroid dienone is 1. The van der Waals surface area contributed by atoms with Crippen LogP contribution in [0.3, 0.4) is 0 Å². The van der Waals surface area contributed by atoms with Gasteiger partial charge in [0, 0.05) is 17.3 Å². The summed E-state index contributed by atoms with van der Waals surface area (Å²) in [5.74, 6) is 2.48. The molecule has 0 unspecified atom stereocenters. The molecule has 30 heavy (non-hydrogen) atoms. The van der Waals surface area contributed by atoms with Crippen molar-refractivity contribution < 1.29 is 5.11 Å². The van der Waals surface area contributed by atoms with Crippen molar-refractivity contribution in [1.82, 2.24) is 0 Å². The predicted octanol–water partition coefficient (Wildman–Crippen LogP) is 6.39. The Hall–Kier alpha value is -2.68. The Morgan fingerprint density at radius 2 is 1.90 bits per heavy atom. The van der Waals surface area contributed by atoms with E-state index in [9.17, 15) is 5.11 Å². The van der Waals surface area contributed by atoms with E-state index in [1.54, 1.807) is 0 Å². The third-order valence-corrected chi connectivity index (χ3v) is 7.87. The maximum atomic E-state index is 9.86. The van der Waals surface area contributed by atoms with Gasteiger partial charge in [-0.1, -0.05) is 49.4 Å². The first kappa shape index (κ1) is 19.3. The molecular weight excluding hydrogens is 368 g/mol. The Bertz CT molecular complexity index is 1010. The summed E-state index contributed by atoms with van der Waals surface area (Å²) in [6, 6.07) is 16.3. The Morgan fingerprint density at radius 3 is 2.77 bits per heavy atom. The lowest BCUT2D eigenvalue weighted by molar-refractivity contribution is 0.0955. The number of aromatic hydroxyl groups is 1. The van der Waals surface area contributed by atoms with Crippen LogP contribution in [0.1, 0.15) is 61.6 Å². The summed E-state index contributed by atoms with van der Waals surface area (Å²) < 4.78 is 0. The monoisotopic (exact) mass is 398 g/mol. The summed E-state index contributed by atoms with van der Waals surface area (Å²) >= 11 is 0. The average molecular weight is 399 g/mol. The Kier molecular flexibility index (Phi) is 5.06. The van der Waals surface area contributed by atoms with Gasteiger partial charge in [0.15, 0.2) is 0 Å². The smallest absolute Gasteiger partial charge is 0.115 e. The molecule has 0 aromatic heterocycles. The minimum absolute atomic E-state index is 0.191. The number of phenolic OH excluding ortho intramolecular Hbond substituents is 1. The van der Waals surface area contributed by atoms with Gasteiger partial charge in [0.25, 0.3) is 0 Å². The zero-order valence-corrected chi connectivity index (χ0v) is 17.7. The van der Waals surface area contributed by atoms with Gasteiger partial charge in [-0.3, -0.25) is 0 Å². The molecule has 154 valence electrons. The summed E-state index contributed by atoms with van der Waals surface area (Å²) in [5, 5.41) is 19.0. The van der Waals surface area contributed by atoms with Gasteiger partial charge < -0.3 is 5.11 Å². The average Bonchev–Trinajstić information content (AvgIpc) is 3.10. The van der Waals surface area contributed by atoms with Crippen LogP contribution < -0.4 is 0 Å². The second-order valence-electron chi connectivity index (χ2n) is 9.37. The number of rotatable bonds is 3. The quantitative estimate of drug-likeness (QED) is 0.472. The van der Waals surface area contributed by atoms with E-state index in [0.717, 1.165) is 18.8 Å². The van der Waals surface area contributed by atoms with Crippen molar-refractivity contribution in [3.05, 3.63) is 71.3 Å². The van der Waals surface area contributed by atoms with Gasteiger partial charge >= 0.3 is 0 Å². The van der Waals surface area contributed by atoms with Crippen LogP contribution in [-0.2, 0) is 6.42 Å². The number of fused-ring (bicyclic) bond motifs is 5. The molecule has 0 amide bonds. The second-order valence-corrected chi connectivity index (χ2v) is 9.37. The number of hydrogen-bond donors (Lipinski definition) is 1. The Labute approximate surface area is 179 Å². The van der Waals surface area contributed by atoms with Gasteiger partial charge in [-0.05, 0) is 91.2 Å². The SMILES string of the molecule is C[C@]12CC[C@@H]3c4ccc(O)cc4CC[C@@H]3[C@H]1CC/C2=N/N=C\C=C\c1ccccc1.